The van der Waals surface area contributed by atoms with Gasteiger partial charge in [-0.2, -0.15) is 0 Å². The van der Waals surface area contributed by atoms with Gasteiger partial charge in [0.25, 0.3) is 0 Å². The molecule has 0 aromatic carbocycles. The normalized spacial score (nSPS) is 9.91. The van der Waals surface area contributed by atoms with E-state index in [1.165, 1.54) is 0 Å². The maximum Gasteiger partial charge on any atom is 0.330 e. The molecule has 0 bridgehead atoms. The van der Waals surface area contributed by atoms with Crippen LogP contribution >= 0.6 is 0 Å². The van der Waals surface area contributed by atoms with Crippen LogP contribution in [0, 0.1) is 0 Å². The lowest BCUT2D eigenvalue weighted by Gasteiger charge is -2.04. The quantitative estimate of drug-likeness (QED) is 0.353. The highest BCUT2D eigenvalue weighted by atomic mass is 16.5. The molecular weight excluding hydrogens is 140 g/mol. The minimum atomic E-state index is -0.414. The zero-order valence-corrected chi connectivity index (χ0v) is 6.88. The van der Waals surface area contributed by atoms with Crippen molar-refractivity contribution in [1.82, 2.24) is 0 Å². The van der Waals surface area contributed by atoms with Crippen molar-refractivity contribution in [2.45, 2.75) is 13.0 Å². The minimum Gasteiger partial charge on any atom is -0.455 e. The van der Waals surface area contributed by atoms with Gasteiger partial charge in [0.15, 0.2) is 0 Å². The zero-order chi connectivity index (χ0) is 9.28. The summed E-state index contributed by atoms with van der Waals surface area (Å²) in [6.07, 6.45) is 2.44. The lowest BCUT2D eigenvalue weighted by Crippen LogP contribution is -2.08. The Morgan fingerprint density at radius 2 is 1.91 bits per heavy atom. The number of rotatable bonds is 3. The van der Waals surface area contributed by atoms with Gasteiger partial charge in [0.05, 0.1) is 0 Å². The first kappa shape index (κ1) is 12.4. The molecule has 11 heavy (non-hydrogen) atoms. The SMILES string of the molecule is C=C.C=CC(=O)OC(C)C=C. The molecule has 0 rings (SSSR count). The standard InChI is InChI=1S/C7H10O2.C2H4/c1-4-6(3)9-7(8)5-2;1-2/h4-6H,1-2H2,3H3;1-2H2. The monoisotopic (exact) mass is 154 g/mol. The molecule has 0 aliphatic carbocycles. The first-order chi connectivity index (χ1) is 5.20. The Morgan fingerprint density at radius 1 is 1.45 bits per heavy atom. The van der Waals surface area contributed by atoms with E-state index >= 15 is 0 Å². The third-order valence-corrected chi connectivity index (χ3v) is 0.801. The highest BCUT2D eigenvalue weighted by molar-refractivity contribution is 5.81. The van der Waals surface area contributed by atoms with Crippen molar-refractivity contribution in [3.05, 3.63) is 38.5 Å². The summed E-state index contributed by atoms with van der Waals surface area (Å²) in [5.41, 5.74) is 0. The van der Waals surface area contributed by atoms with Gasteiger partial charge in [-0.3, -0.25) is 0 Å². The highest BCUT2D eigenvalue weighted by Gasteiger charge is 1.98. The van der Waals surface area contributed by atoms with Gasteiger partial charge in [-0.1, -0.05) is 19.2 Å². The van der Waals surface area contributed by atoms with Gasteiger partial charge in [0, 0.05) is 6.08 Å². The van der Waals surface area contributed by atoms with Crippen LogP contribution in [0.15, 0.2) is 38.5 Å². The maximum atomic E-state index is 10.4. The van der Waals surface area contributed by atoms with Gasteiger partial charge in [-0.05, 0) is 6.92 Å². The second-order valence-corrected chi connectivity index (χ2v) is 1.58. The molecule has 0 spiro atoms. The lowest BCUT2D eigenvalue weighted by atomic mass is 10.4. The predicted molar refractivity (Wildman–Crippen MR) is 47.2 cm³/mol. The number of carbonyl (C=O) groups is 1. The Kier molecular flexibility index (Phi) is 9.78. The number of carbonyl (C=O) groups excluding carboxylic acids is 1. The molecule has 62 valence electrons. The van der Waals surface area contributed by atoms with E-state index in [4.69, 9.17) is 0 Å². The van der Waals surface area contributed by atoms with E-state index < -0.39 is 5.97 Å². The van der Waals surface area contributed by atoms with Crippen LogP contribution in [0.5, 0.6) is 0 Å². The van der Waals surface area contributed by atoms with E-state index in [-0.39, 0.29) is 6.10 Å². The summed E-state index contributed by atoms with van der Waals surface area (Å²) in [5, 5.41) is 0. The lowest BCUT2D eigenvalue weighted by molar-refractivity contribution is -0.140. The first-order valence-corrected chi connectivity index (χ1v) is 3.16. The minimum absolute atomic E-state index is 0.226. The van der Waals surface area contributed by atoms with Crippen molar-refractivity contribution >= 4 is 5.97 Å². The number of hydrogen-bond donors (Lipinski definition) is 0. The average molecular weight is 154 g/mol. The number of ether oxygens (including phenoxy) is 1. The second-order valence-electron chi connectivity index (χ2n) is 1.58. The van der Waals surface area contributed by atoms with E-state index in [0.717, 1.165) is 6.08 Å². The molecule has 0 N–H and O–H groups in total. The fourth-order valence-electron chi connectivity index (χ4n) is 0.279. The van der Waals surface area contributed by atoms with Gasteiger partial charge >= 0.3 is 5.97 Å². The third kappa shape index (κ3) is 8.69. The molecule has 2 heteroatoms. The Bertz CT molecular complexity index is 138. The molecule has 1 unspecified atom stereocenters. The van der Waals surface area contributed by atoms with E-state index in [0.29, 0.717) is 0 Å². The highest BCUT2D eigenvalue weighted by Crippen LogP contribution is 1.91. The molecule has 0 heterocycles. The van der Waals surface area contributed by atoms with Crippen LogP contribution < -0.4 is 0 Å². The Balaban J connectivity index is 0. The molecule has 0 aromatic rings. The summed E-state index contributed by atoms with van der Waals surface area (Å²) in [6.45, 7) is 14.4. The Morgan fingerprint density at radius 3 is 2.18 bits per heavy atom. The molecule has 0 saturated carbocycles. The summed E-state index contributed by atoms with van der Waals surface area (Å²) >= 11 is 0. The largest absolute Gasteiger partial charge is 0.455 e. The van der Waals surface area contributed by atoms with Crippen LogP contribution in [-0.2, 0) is 9.53 Å². The second kappa shape index (κ2) is 8.69. The molecule has 0 amide bonds. The molecule has 2 nitrogen and oxygen atoms in total. The Labute approximate surface area is 67.9 Å². The number of hydrogen-bond acceptors (Lipinski definition) is 2. The molecule has 0 saturated heterocycles. The predicted octanol–water partition coefficient (Wildman–Crippen LogP) is 2.09. The van der Waals surface area contributed by atoms with Crippen LogP contribution in [0.3, 0.4) is 0 Å². The topological polar surface area (TPSA) is 26.3 Å². The van der Waals surface area contributed by atoms with Crippen molar-refractivity contribution < 1.29 is 9.53 Å². The maximum absolute atomic E-state index is 10.4. The molecule has 0 aromatic heterocycles. The van der Waals surface area contributed by atoms with Gasteiger partial charge in [-0.25, -0.2) is 4.79 Å². The fraction of sp³-hybridized carbons (Fsp3) is 0.222. The fourth-order valence-corrected chi connectivity index (χ4v) is 0.279. The van der Waals surface area contributed by atoms with Gasteiger partial charge in [0.1, 0.15) is 6.10 Å². The van der Waals surface area contributed by atoms with Crippen LogP contribution in [0.4, 0.5) is 0 Å². The summed E-state index contributed by atoms with van der Waals surface area (Å²) in [5.74, 6) is -0.414. The van der Waals surface area contributed by atoms with Crippen molar-refractivity contribution in [1.29, 1.82) is 0 Å². The smallest absolute Gasteiger partial charge is 0.330 e. The molecule has 0 radical (unpaired) electrons. The molecule has 1 atom stereocenters. The zero-order valence-electron chi connectivity index (χ0n) is 6.88. The van der Waals surface area contributed by atoms with Gasteiger partial charge in [0.2, 0.25) is 0 Å². The number of esters is 1. The van der Waals surface area contributed by atoms with Gasteiger partial charge < -0.3 is 4.74 Å². The van der Waals surface area contributed by atoms with E-state index in [1.807, 2.05) is 0 Å². The molecular formula is C9H14O2. The first-order valence-electron chi connectivity index (χ1n) is 3.16. The van der Waals surface area contributed by atoms with E-state index in [9.17, 15) is 4.79 Å². The van der Waals surface area contributed by atoms with Crippen LogP contribution in [0.2, 0.25) is 0 Å². The van der Waals surface area contributed by atoms with Gasteiger partial charge in [-0.15, -0.1) is 13.2 Å². The summed E-state index contributed by atoms with van der Waals surface area (Å²) < 4.78 is 4.67. The van der Waals surface area contributed by atoms with Crippen molar-refractivity contribution in [2.24, 2.45) is 0 Å². The van der Waals surface area contributed by atoms with E-state index in [1.54, 1.807) is 13.0 Å². The third-order valence-electron chi connectivity index (χ3n) is 0.801. The van der Waals surface area contributed by atoms with Crippen molar-refractivity contribution in [3.8, 4) is 0 Å². The van der Waals surface area contributed by atoms with Crippen LogP contribution in [0.25, 0.3) is 0 Å². The van der Waals surface area contributed by atoms with Crippen LogP contribution in [0.1, 0.15) is 6.92 Å². The van der Waals surface area contributed by atoms with E-state index in [2.05, 4.69) is 31.1 Å². The molecule has 0 aliphatic rings. The van der Waals surface area contributed by atoms with Crippen molar-refractivity contribution in [3.63, 3.8) is 0 Å². The summed E-state index contributed by atoms with van der Waals surface area (Å²) in [4.78, 5) is 10.4. The van der Waals surface area contributed by atoms with Crippen molar-refractivity contribution in [2.75, 3.05) is 0 Å². The molecule has 0 fully saturated rings. The average Bonchev–Trinajstić information content (AvgIpc) is 2.07. The Hall–Kier alpha value is -1.31. The summed E-state index contributed by atoms with van der Waals surface area (Å²) in [6, 6.07) is 0. The molecule has 0 aliphatic heterocycles. The van der Waals surface area contributed by atoms with Crippen LogP contribution in [-0.4, -0.2) is 12.1 Å². The summed E-state index contributed by atoms with van der Waals surface area (Å²) in [7, 11) is 0.